The molecule has 112 valence electrons. The molecule has 3 amide bonds. The highest BCUT2D eigenvalue weighted by molar-refractivity contribution is 5.81. The number of nitrogens with one attached hydrogen (secondary N) is 3. The summed E-state index contributed by atoms with van der Waals surface area (Å²) in [4.78, 5) is 25.1. The first-order valence-electron chi connectivity index (χ1n) is 7.36. The van der Waals surface area contributed by atoms with Gasteiger partial charge in [-0.05, 0) is 24.5 Å². The van der Waals surface area contributed by atoms with Crippen molar-refractivity contribution in [1.29, 1.82) is 0 Å². The van der Waals surface area contributed by atoms with E-state index < -0.39 is 0 Å². The van der Waals surface area contributed by atoms with Crippen molar-refractivity contribution in [2.75, 3.05) is 25.0 Å². The topological polar surface area (TPSA) is 73.5 Å². The van der Waals surface area contributed by atoms with Crippen LogP contribution in [0.5, 0.6) is 0 Å². The van der Waals surface area contributed by atoms with Crippen LogP contribution in [0.15, 0.2) is 24.3 Å². The highest BCUT2D eigenvalue weighted by atomic mass is 16.2. The summed E-state index contributed by atoms with van der Waals surface area (Å²) in [6.07, 6.45) is 2.18. The maximum Gasteiger partial charge on any atom is 0.317 e. The summed E-state index contributed by atoms with van der Waals surface area (Å²) in [5, 5.41) is 8.90. The lowest BCUT2D eigenvalue weighted by atomic mass is 10.1. The molecule has 1 aliphatic carbocycles. The summed E-state index contributed by atoms with van der Waals surface area (Å²) in [6.45, 7) is 2.23. The molecule has 6 nitrogen and oxygen atoms in total. The Kier molecular flexibility index (Phi) is 3.94. The van der Waals surface area contributed by atoms with E-state index in [0.717, 1.165) is 30.6 Å². The normalized spacial score (nSPS) is 17.5. The Balaban J connectivity index is 1.58. The van der Waals surface area contributed by atoms with Gasteiger partial charge in [0.2, 0.25) is 5.91 Å². The van der Waals surface area contributed by atoms with Crippen LogP contribution in [-0.4, -0.2) is 42.5 Å². The molecule has 0 aromatic heterocycles. The number of hydrogen-bond donors (Lipinski definition) is 3. The minimum Gasteiger partial charge on any atom is -0.376 e. The average Bonchev–Trinajstić information content (AvgIpc) is 3.20. The largest absolute Gasteiger partial charge is 0.376 e. The van der Waals surface area contributed by atoms with Crippen molar-refractivity contribution in [3.05, 3.63) is 29.8 Å². The van der Waals surface area contributed by atoms with E-state index in [1.807, 2.05) is 24.3 Å². The summed E-state index contributed by atoms with van der Waals surface area (Å²) in [5.74, 6) is 0.0196. The van der Waals surface area contributed by atoms with Gasteiger partial charge in [-0.3, -0.25) is 4.79 Å². The van der Waals surface area contributed by atoms with E-state index in [2.05, 4.69) is 16.0 Å². The van der Waals surface area contributed by atoms with E-state index >= 15 is 0 Å². The molecule has 0 radical (unpaired) electrons. The number of para-hydroxylation sites is 1. The van der Waals surface area contributed by atoms with Crippen LogP contribution in [-0.2, 0) is 11.3 Å². The minimum absolute atomic E-state index is 0.0196. The van der Waals surface area contributed by atoms with Crippen molar-refractivity contribution in [2.24, 2.45) is 0 Å². The van der Waals surface area contributed by atoms with E-state index in [1.54, 1.807) is 4.90 Å². The van der Waals surface area contributed by atoms with E-state index in [4.69, 9.17) is 0 Å². The number of anilines is 1. The van der Waals surface area contributed by atoms with Gasteiger partial charge in [-0.2, -0.15) is 0 Å². The third-order valence-corrected chi connectivity index (χ3v) is 3.71. The molecule has 0 atom stereocenters. The first kappa shape index (κ1) is 13.7. The lowest BCUT2D eigenvalue weighted by molar-refractivity contribution is -0.119. The number of rotatable bonds is 6. The standard InChI is InChI=1S/C15H20N4O2/c20-14(18-12-5-6-12)9-17-13-4-2-1-3-11(13)10-19-8-7-16-15(19)21/h1-4,12,17H,5-10H2,(H,16,21)(H,18,20). The van der Waals surface area contributed by atoms with Gasteiger partial charge in [-0.15, -0.1) is 0 Å². The van der Waals surface area contributed by atoms with Crippen LogP contribution >= 0.6 is 0 Å². The molecule has 0 spiro atoms. The number of benzene rings is 1. The van der Waals surface area contributed by atoms with Gasteiger partial charge in [0, 0.05) is 31.4 Å². The van der Waals surface area contributed by atoms with E-state index in [0.29, 0.717) is 19.1 Å². The zero-order valence-electron chi connectivity index (χ0n) is 11.9. The molecule has 1 aromatic rings. The average molecular weight is 288 g/mol. The highest BCUT2D eigenvalue weighted by Gasteiger charge is 2.23. The predicted octanol–water partition coefficient (Wildman–Crippen LogP) is 0.902. The van der Waals surface area contributed by atoms with Crippen molar-refractivity contribution in [3.63, 3.8) is 0 Å². The molecule has 1 aromatic carbocycles. The minimum atomic E-state index is -0.0312. The number of hydrogen-bond acceptors (Lipinski definition) is 3. The van der Waals surface area contributed by atoms with Crippen LogP contribution in [0.2, 0.25) is 0 Å². The smallest absolute Gasteiger partial charge is 0.317 e. The van der Waals surface area contributed by atoms with Gasteiger partial charge in [0.25, 0.3) is 0 Å². The monoisotopic (exact) mass is 288 g/mol. The third-order valence-electron chi connectivity index (χ3n) is 3.71. The van der Waals surface area contributed by atoms with Gasteiger partial charge in [-0.25, -0.2) is 4.79 Å². The SMILES string of the molecule is O=C(CNc1ccccc1CN1CCNC1=O)NC1CC1. The van der Waals surface area contributed by atoms with Crippen LogP contribution < -0.4 is 16.0 Å². The molecular weight excluding hydrogens is 268 g/mol. The van der Waals surface area contributed by atoms with Crippen LogP contribution in [0.3, 0.4) is 0 Å². The third kappa shape index (κ3) is 3.65. The maximum absolute atomic E-state index is 11.7. The quantitative estimate of drug-likeness (QED) is 0.728. The van der Waals surface area contributed by atoms with Gasteiger partial charge in [0.05, 0.1) is 6.54 Å². The fourth-order valence-electron chi connectivity index (χ4n) is 2.38. The lowest BCUT2D eigenvalue weighted by Crippen LogP contribution is -2.32. The summed E-state index contributed by atoms with van der Waals surface area (Å²) < 4.78 is 0. The second-order valence-corrected chi connectivity index (χ2v) is 5.51. The Morgan fingerprint density at radius 1 is 1.33 bits per heavy atom. The summed E-state index contributed by atoms with van der Waals surface area (Å²) in [5.41, 5.74) is 1.93. The van der Waals surface area contributed by atoms with Crippen molar-refractivity contribution < 1.29 is 9.59 Å². The molecule has 2 fully saturated rings. The van der Waals surface area contributed by atoms with Crippen molar-refractivity contribution in [1.82, 2.24) is 15.5 Å². The number of carbonyl (C=O) groups excluding carboxylic acids is 2. The summed E-state index contributed by atoms with van der Waals surface area (Å²) >= 11 is 0. The predicted molar refractivity (Wildman–Crippen MR) is 79.9 cm³/mol. The van der Waals surface area contributed by atoms with Crippen molar-refractivity contribution in [2.45, 2.75) is 25.4 Å². The maximum atomic E-state index is 11.7. The zero-order chi connectivity index (χ0) is 14.7. The van der Waals surface area contributed by atoms with Crippen LogP contribution in [0.1, 0.15) is 18.4 Å². The molecule has 3 N–H and O–H groups in total. The van der Waals surface area contributed by atoms with Crippen LogP contribution in [0.4, 0.5) is 10.5 Å². The molecule has 1 saturated heterocycles. The fourth-order valence-corrected chi connectivity index (χ4v) is 2.38. The second-order valence-electron chi connectivity index (χ2n) is 5.51. The molecule has 2 aliphatic rings. The highest BCUT2D eigenvalue weighted by Crippen LogP contribution is 2.19. The Labute approximate surface area is 123 Å². The van der Waals surface area contributed by atoms with E-state index in [-0.39, 0.29) is 18.5 Å². The van der Waals surface area contributed by atoms with Crippen LogP contribution in [0, 0.1) is 0 Å². The van der Waals surface area contributed by atoms with Crippen molar-refractivity contribution in [3.8, 4) is 0 Å². The number of amides is 3. The molecular formula is C15H20N4O2. The molecule has 0 unspecified atom stereocenters. The summed E-state index contributed by atoms with van der Waals surface area (Å²) in [6, 6.07) is 8.13. The first-order chi connectivity index (χ1) is 10.2. The zero-order valence-corrected chi connectivity index (χ0v) is 11.9. The molecule has 1 saturated carbocycles. The Morgan fingerprint density at radius 2 is 2.14 bits per heavy atom. The van der Waals surface area contributed by atoms with Gasteiger partial charge in [0.15, 0.2) is 0 Å². The second kappa shape index (κ2) is 6.03. The van der Waals surface area contributed by atoms with Gasteiger partial charge < -0.3 is 20.9 Å². The molecule has 21 heavy (non-hydrogen) atoms. The summed E-state index contributed by atoms with van der Waals surface area (Å²) in [7, 11) is 0. The van der Waals surface area contributed by atoms with Crippen LogP contribution in [0.25, 0.3) is 0 Å². The fraction of sp³-hybridized carbons (Fsp3) is 0.467. The molecule has 0 bridgehead atoms. The molecule has 1 aliphatic heterocycles. The Morgan fingerprint density at radius 3 is 2.86 bits per heavy atom. The van der Waals surface area contributed by atoms with Gasteiger partial charge in [0.1, 0.15) is 0 Å². The van der Waals surface area contributed by atoms with Gasteiger partial charge >= 0.3 is 6.03 Å². The van der Waals surface area contributed by atoms with Crippen molar-refractivity contribution >= 4 is 17.6 Å². The lowest BCUT2D eigenvalue weighted by Gasteiger charge is -2.17. The number of carbonyl (C=O) groups is 2. The first-order valence-corrected chi connectivity index (χ1v) is 7.36. The number of urea groups is 1. The number of nitrogens with zero attached hydrogens (tertiary/aromatic N) is 1. The van der Waals surface area contributed by atoms with E-state index in [1.165, 1.54) is 0 Å². The van der Waals surface area contributed by atoms with Gasteiger partial charge in [-0.1, -0.05) is 18.2 Å². The van der Waals surface area contributed by atoms with E-state index in [9.17, 15) is 9.59 Å². The molecule has 6 heteroatoms. The molecule has 1 heterocycles. The Bertz CT molecular complexity index is 542. The Hall–Kier alpha value is -2.24. The molecule has 3 rings (SSSR count).